The van der Waals surface area contributed by atoms with Crippen molar-refractivity contribution in [3.63, 3.8) is 0 Å². The minimum absolute atomic E-state index is 0.0329. The molecule has 0 amide bonds. The van der Waals surface area contributed by atoms with E-state index in [4.69, 9.17) is 11.6 Å². The lowest BCUT2D eigenvalue weighted by Crippen LogP contribution is -2.19. The lowest BCUT2D eigenvalue weighted by molar-refractivity contribution is 0.757. The molecule has 0 aliphatic rings. The largest absolute Gasteiger partial charge is 0.310 e. The molecule has 0 atom stereocenters. The summed E-state index contributed by atoms with van der Waals surface area (Å²) < 4.78 is 2.55. The minimum Gasteiger partial charge on any atom is -0.310 e. The first-order chi connectivity index (χ1) is 10.1. The summed E-state index contributed by atoms with van der Waals surface area (Å²) in [5.41, 5.74) is 3.25. The number of thiophene rings is 1. The van der Waals surface area contributed by atoms with Crippen LogP contribution in [0, 0.1) is 0 Å². The highest BCUT2D eigenvalue weighted by atomic mass is 79.9. The SMILES string of the molecule is O=c1ccc(Br)cn1Cc1cc(Cl)ccc1-c1ccsc1. The van der Waals surface area contributed by atoms with Crippen molar-refractivity contribution < 1.29 is 0 Å². The molecule has 0 spiro atoms. The van der Waals surface area contributed by atoms with E-state index in [0.717, 1.165) is 21.2 Å². The van der Waals surface area contributed by atoms with E-state index in [0.29, 0.717) is 11.6 Å². The van der Waals surface area contributed by atoms with Crippen molar-refractivity contribution in [3.05, 3.63) is 78.8 Å². The van der Waals surface area contributed by atoms with Crippen LogP contribution in [0.3, 0.4) is 0 Å². The van der Waals surface area contributed by atoms with Crippen LogP contribution in [0.4, 0.5) is 0 Å². The summed E-state index contributed by atoms with van der Waals surface area (Å²) in [6, 6.07) is 11.2. The van der Waals surface area contributed by atoms with Crippen molar-refractivity contribution in [1.82, 2.24) is 4.57 Å². The molecule has 0 radical (unpaired) electrons. The number of hydrogen-bond acceptors (Lipinski definition) is 2. The van der Waals surface area contributed by atoms with Gasteiger partial charge in [-0.25, -0.2) is 0 Å². The summed E-state index contributed by atoms with van der Waals surface area (Å²) in [6.45, 7) is 0.490. The van der Waals surface area contributed by atoms with Crippen molar-refractivity contribution in [3.8, 4) is 11.1 Å². The van der Waals surface area contributed by atoms with Crippen molar-refractivity contribution in [2.45, 2.75) is 6.54 Å². The Hall–Kier alpha value is -1.36. The van der Waals surface area contributed by atoms with Crippen molar-refractivity contribution in [2.75, 3.05) is 0 Å². The van der Waals surface area contributed by atoms with Crippen LogP contribution in [-0.2, 0) is 6.54 Å². The second-order valence-corrected chi connectivity index (χ2v) is 6.76. The van der Waals surface area contributed by atoms with Gasteiger partial charge in [-0.3, -0.25) is 4.79 Å². The molecule has 0 aliphatic heterocycles. The van der Waals surface area contributed by atoms with Crippen LogP contribution in [0.25, 0.3) is 11.1 Å². The molecule has 2 aromatic heterocycles. The van der Waals surface area contributed by atoms with Crippen molar-refractivity contribution >= 4 is 38.9 Å². The fourth-order valence-electron chi connectivity index (χ4n) is 2.20. The fraction of sp³-hybridized carbons (Fsp3) is 0.0625. The van der Waals surface area contributed by atoms with Crippen LogP contribution in [-0.4, -0.2) is 4.57 Å². The van der Waals surface area contributed by atoms with Gasteiger partial charge in [0.2, 0.25) is 0 Å². The Morgan fingerprint density at radius 3 is 2.81 bits per heavy atom. The lowest BCUT2D eigenvalue weighted by Gasteiger charge is -2.11. The zero-order chi connectivity index (χ0) is 14.8. The van der Waals surface area contributed by atoms with Gasteiger partial charge in [0, 0.05) is 21.8 Å². The van der Waals surface area contributed by atoms with Gasteiger partial charge in [-0.15, -0.1) is 0 Å². The van der Waals surface area contributed by atoms with Gasteiger partial charge < -0.3 is 4.57 Å². The molecule has 2 heterocycles. The molecule has 2 nitrogen and oxygen atoms in total. The van der Waals surface area contributed by atoms with Gasteiger partial charge >= 0.3 is 0 Å². The van der Waals surface area contributed by atoms with Crippen LogP contribution in [0.1, 0.15) is 5.56 Å². The van der Waals surface area contributed by atoms with Crippen LogP contribution < -0.4 is 5.56 Å². The maximum atomic E-state index is 12.0. The van der Waals surface area contributed by atoms with E-state index in [1.54, 1.807) is 34.2 Å². The molecule has 106 valence electrons. The predicted molar refractivity (Wildman–Crippen MR) is 92.3 cm³/mol. The first kappa shape index (κ1) is 14.6. The molecular formula is C16H11BrClNOS. The topological polar surface area (TPSA) is 22.0 Å². The highest BCUT2D eigenvalue weighted by Crippen LogP contribution is 2.28. The van der Waals surface area contributed by atoms with Crippen LogP contribution in [0.5, 0.6) is 0 Å². The highest BCUT2D eigenvalue weighted by Gasteiger charge is 2.08. The van der Waals surface area contributed by atoms with E-state index in [2.05, 4.69) is 27.4 Å². The third kappa shape index (κ3) is 3.28. The zero-order valence-corrected chi connectivity index (χ0v) is 14.1. The van der Waals surface area contributed by atoms with E-state index in [-0.39, 0.29) is 5.56 Å². The number of hydrogen-bond donors (Lipinski definition) is 0. The summed E-state index contributed by atoms with van der Waals surface area (Å²) in [5.74, 6) is 0. The molecule has 1 aromatic carbocycles. The van der Waals surface area contributed by atoms with Gasteiger partial charge in [0.25, 0.3) is 5.56 Å². The molecule has 21 heavy (non-hydrogen) atoms. The van der Waals surface area contributed by atoms with Crippen LogP contribution in [0.2, 0.25) is 5.02 Å². The minimum atomic E-state index is -0.0329. The van der Waals surface area contributed by atoms with Gasteiger partial charge in [-0.05, 0) is 67.6 Å². The van der Waals surface area contributed by atoms with Gasteiger partial charge in [0.05, 0.1) is 6.54 Å². The quantitative estimate of drug-likeness (QED) is 0.624. The average molecular weight is 381 g/mol. The Kier molecular flexibility index (Phi) is 4.29. The van der Waals surface area contributed by atoms with Crippen molar-refractivity contribution in [1.29, 1.82) is 0 Å². The molecule has 0 aliphatic carbocycles. The Bertz CT molecular complexity index is 827. The summed E-state index contributed by atoms with van der Waals surface area (Å²) in [6.07, 6.45) is 1.79. The van der Waals surface area contributed by atoms with E-state index in [9.17, 15) is 4.79 Å². The normalized spacial score (nSPS) is 10.8. The number of rotatable bonds is 3. The Labute approximate surface area is 139 Å². The number of halogens is 2. The Balaban J connectivity index is 2.08. The molecule has 5 heteroatoms. The standard InChI is InChI=1S/C16H11BrClNOS/c17-13-1-4-16(20)19(9-13)8-12-7-14(18)2-3-15(12)11-5-6-21-10-11/h1-7,9-10H,8H2. The van der Waals surface area contributed by atoms with Gasteiger partial charge in [-0.2, -0.15) is 11.3 Å². The van der Waals surface area contributed by atoms with E-state index >= 15 is 0 Å². The van der Waals surface area contributed by atoms with E-state index in [1.165, 1.54) is 0 Å². The third-order valence-corrected chi connectivity index (χ3v) is 4.57. The number of nitrogens with zero attached hydrogens (tertiary/aromatic N) is 1. The summed E-state index contributed by atoms with van der Waals surface area (Å²) in [7, 11) is 0. The molecule has 3 rings (SSSR count). The maximum Gasteiger partial charge on any atom is 0.250 e. The fourth-order valence-corrected chi connectivity index (χ4v) is 3.43. The van der Waals surface area contributed by atoms with Gasteiger partial charge in [-0.1, -0.05) is 17.7 Å². The lowest BCUT2D eigenvalue weighted by atomic mass is 10.0. The second-order valence-electron chi connectivity index (χ2n) is 4.63. The van der Waals surface area contributed by atoms with Crippen LogP contribution >= 0.6 is 38.9 Å². The summed E-state index contributed by atoms with van der Waals surface area (Å²) in [5, 5.41) is 4.81. The molecule has 0 saturated carbocycles. The van der Waals surface area contributed by atoms with Crippen molar-refractivity contribution in [2.24, 2.45) is 0 Å². The molecule has 3 aromatic rings. The monoisotopic (exact) mass is 379 g/mol. The third-order valence-electron chi connectivity index (χ3n) is 3.19. The number of aromatic nitrogens is 1. The van der Waals surface area contributed by atoms with E-state index < -0.39 is 0 Å². The molecule has 0 fully saturated rings. The number of pyridine rings is 1. The second kappa shape index (κ2) is 6.18. The first-order valence-corrected chi connectivity index (χ1v) is 8.42. The summed E-state index contributed by atoms with van der Waals surface area (Å²) >= 11 is 11.2. The zero-order valence-electron chi connectivity index (χ0n) is 10.9. The molecule has 0 bridgehead atoms. The number of benzene rings is 1. The summed E-state index contributed by atoms with van der Waals surface area (Å²) in [4.78, 5) is 12.0. The van der Waals surface area contributed by atoms with E-state index in [1.807, 2.05) is 23.6 Å². The Morgan fingerprint density at radius 2 is 2.05 bits per heavy atom. The molecule has 0 saturated heterocycles. The van der Waals surface area contributed by atoms with Crippen LogP contribution in [0.15, 0.2) is 62.6 Å². The first-order valence-electron chi connectivity index (χ1n) is 6.30. The molecular weight excluding hydrogens is 370 g/mol. The molecule has 0 N–H and O–H groups in total. The maximum absolute atomic E-state index is 12.0. The predicted octanol–water partition coefficient (Wildman–Crippen LogP) is 5.04. The molecule has 0 unspecified atom stereocenters. The highest BCUT2D eigenvalue weighted by molar-refractivity contribution is 9.10. The smallest absolute Gasteiger partial charge is 0.250 e. The van der Waals surface area contributed by atoms with Gasteiger partial charge in [0.15, 0.2) is 0 Å². The van der Waals surface area contributed by atoms with Gasteiger partial charge in [0.1, 0.15) is 0 Å². The Morgan fingerprint density at radius 1 is 1.19 bits per heavy atom. The average Bonchev–Trinajstić information content (AvgIpc) is 2.97.